The van der Waals surface area contributed by atoms with Gasteiger partial charge in [-0.05, 0) is 11.1 Å². The normalized spacial score (nSPS) is 20.1. The molecule has 0 bridgehead atoms. The summed E-state index contributed by atoms with van der Waals surface area (Å²) in [7, 11) is 0. The molecule has 156 valence electrons. The second-order valence-corrected chi connectivity index (χ2v) is 8.68. The molecule has 0 spiro atoms. The molecule has 0 radical (unpaired) electrons. The first kappa shape index (κ1) is 20.5. The van der Waals surface area contributed by atoms with E-state index < -0.39 is 5.54 Å². The Morgan fingerprint density at radius 1 is 0.656 bits per heavy atom. The summed E-state index contributed by atoms with van der Waals surface area (Å²) in [5, 5.41) is 0. The van der Waals surface area contributed by atoms with Crippen molar-refractivity contribution in [1.82, 2.24) is 15.0 Å². The molecule has 5 rings (SSSR count). The van der Waals surface area contributed by atoms with Gasteiger partial charge in [0.25, 0.3) is 0 Å². The number of aromatic nitrogens is 3. The van der Waals surface area contributed by atoms with Crippen LogP contribution in [0.5, 0.6) is 0 Å². The van der Waals surface area contributed by atoms with Crippen molar-refractivity contribution in [2.75, 3.05) is 0 Å². The summed E-state index contributed by atoms with van der Waals surface area (Å²) >= 11 is 3.79. The molecule has 2 unspecified atom stereocenters. The predicted molar refractivity (Wildman–Crippen MR) is 133 cm³/mol. The molecule has 1 aliphatic rings. The molecule has 4 nitrogen and oxygen atoms in total. The second-order valence-electron chi connectivity index (χ2n) is 7.69. The van der Waals surface area contributed by atoms with Gasteiger partial charge >= 0.3 is 0 Å². The topological polar surface area (TPSA) is 64.7 Å². The van der Waals surface area contributed by atoms with Crippen LogP contribution in [0.3, 0.4) is 0 Å². The summed E-state index contributed by atoms with van der Waals surface area (Å²) in [6.07, 6.45) is 6.14. The van der Waals surface area contributed by atoms with Crippen LogP contribution in [0.2, 0.25) is 0 Å². The zero-order valence-corrected chi connectivity index (χ0v) is 18.9. The number of benzene rings is 3. The van der Waals surface area contributed by atoms with Crippen molar-refractivity contribution >= 4 is 21.5 Å². The van der Waals surface area contributed by atoms with Gasteiger partial charge in [0, 0.05) is 11.1 Å². The second kappa shape index (κ2) is 8.61. The predicted octanol–water partition coefficient (Wildman–Crippen LogP) is 5.78. The number of rotatable bonds is 4. The summed E-state index contributed by atoms with van der Waals surface area (Å²) in [6, 6.07) is 30.1. The van der Waals surface area contributed by atoms with Gasteiger partial charge in [-0.1, -0.05) is 125 Å². The van der Waals surface area contributed by atoms with Crippen LogP contribution in [0.1, 0.15) is 11.4 Å². The molecular formula is C27H21BrN4. The molecular weight excluding hydrogens is 460 g/mol. The fraction of sp³-hybridized carbons (Fsp3) is 0.0741. The van der Waals surface area contributed by atoms with Gasteiger partial charge in [-0.3, -0.25) is 0 Å². The molecule has 2 atom stereocenters. The lowest BCUT2D eigenvalue weighted by Gasteiger charge is -2.31. The van der Waals surface area contributed by atoms with Crippen molar-refractivity contribution < 1.29 is 0 Å². The Bertz CT molecular complexity index is 1230. The number of hydrogen-bond donors (Lipinski definition) is 1. The van der Waals surface area contributed by atoms with E-state index >= 15 is 0 Å². The minimum Gasteiger partial charge on any atom is -0.314 e. The summed E-state index contributed by atoms with van der Waals surface area (Å²) in [5.74, 6) is 1.72. The van der Waals surface area contributed by atoms with Gasteiger partial charge in [0.15, 0.2) is 17.5 Å². The first-order valence-electron chi connectivity index (χ1n) is 10.4. The summed E-state index contributed by atoms with van der Waals surface area (Å²) in [5.41, 5.74) is 10.1. The number of nitrogens with two attached hydrogens (primary N) is 1. The lowest BCUT2D eigenvalue weighted by atomic mass is 9.86. The van der Waals surface area contributed by atoms with E-state index in [1.165, 1.54) is 0 Å². The third-order valence-electron chi connectivity index (χ3n) is 5.51. The van der Waals surface area contributed by atoms with Crippen molar-refractivity contribution in [3.05, 3.63) is 121 Å². The van der Waals surface area contributed by atoms with Crippen LogP contribution in [-0.4, -0.2) is 19.8 Å². The Morgan fingerprint density at radius 3 is 1.59 bits per heavy atom. The Labute approximate surface area is 195 Å². The van der Waals surface area contributed by atoms with Gasteiger partial charge in [-0.25, -0.2) is 15.0 Å². The number of nitrogens with zero attached hydrogens (tertiary/aromatic N) is 3. The number of hydrogen-bond acceptors (Lipinski definition) is 4. The molecule has 0 aliphatic heterocycles. The van der Waals surface area contributed by atoms with Crippen LogP contribution in [0, 0.1) is 0 Å². The Kier molecular flexibility index (Phi) is 5.52. The van der Waals surface area contributed by atoms with Crippen LogP contribution in [0.4, 0.5) is 0 Å². The van der Waals surface area contributed by atoms with E-state index in [-0.39, 0.29) is 4.83 Å². The maximum atomic E-state index is 6.93. The number of alkyl halides is 1. The molecule has 1 aromatic heterocycles. The zero-order chi connectivity index (χ0) is 22.0. The van der Waals surface area contributed by atoms with Gasteiger partial charge < -0.3 is 5.73 Å². The van der Waals surface area contributed by atoms with Crippen molar-refractivity contribution in [3.63, 3.8) is 0 Å². The molecule has 4 aromatic rings. The van der Waals surface area contributed by atoms with Crippen molar-refractivity contribution in [3.8, 4) is 22.8 Å². The van der Waals surface area contributed by atoms with E-state index in [0.29, 0.717) is 17.5 Å². The maximum Gasteiger partial charge on any atom is 0.163 e. The van der Waals surface area contributed by atoms with Gasteiger partial charge in [-0.2, -0.15) is 0 Å². The summed E-state index contributed by atoms with van der Waals surface area (Å²) in [4.78, 5) is 14.2. The standard InChI is InChI=1S/C27H21BrN4/c28-23-18-22(19-10-4-1-5-11-19)16-17-27(23,29)26-31-24(20-12-6-2-7-13-20)30-25(32-26)21-14-8-3-9-15-21/h1-18,23H,29H2. The van der Waals surface area contributed by atoms with Crippen molar-refractivity contribution in [2.45, 2.75) is 10.4 Å². The fourth-order valence-electron chi connectivity index (χ4n) is 3.69. The molecule has 32 heavy (non-hydrogen) atoms. The quantitative estimate of drug-likeness (QED) is 0.376. The third-order valence-corrected chi connectivity index (χ3v) is 6.54. The molecule has 1 heterocycles. The molecule has 3 aromatic carbocycles. The smallest absolute Gasteiger partial charge is 0.163 e. The van der Waals surface area contributed by atoms with E-state index in [9.17, 15) is 0 Å². The Morgan fingerprint density at radius 2 is 1.12 bits per heavy atom. The largest absolute Gasteiger partial charge is 0.314 e. The van der Waals surface area contributed by atoms with Crippen LogP contribution >= 0.6 is 15.9 Å². The molecule has 2 N–H and O–H groups in total. The Balaban J connectivity index is 1.61. The van der Waals surface area contributed by atoms with Crippen LogP contribution in [0.15, 0.2) is 109 Å². The van der Waals surface area contributed by atoms with E-state index in [0.717, 1.165) is 22.3 Å². The van der Waals surface area contributed by atoms with E-state index in [1.54, 1.807) is 0 Å². The van der Waals surface area contributed by atoms with E-state index in [1.807, 2.05) is 91.0 Å². The Hall–Kier alpha value is -3.41. The SMILES string of the molecule is NC1(c2nc(-c3ccccc3)nc(-c3ccccc3)n2)C=CC(c2ccccc2)=CC1Br. The molecule has 5 heteroatoms. The molecule has 0 fully saturated rings. The minimum absolute atomic E-state index is 0.190. The highest BCUT2D eigenvalue weighted by Crippen LogP contribution is 2.36. The number of allylic oxidation sites excluding steroid dienone is 2. The average molecular weight is 481 g/mol. The van der Waals surface area contributed by atoms with Crippen LogP contribution < -0.4 is 5.73 Å². The highest BCUT2D eigenvalue weighted by molar-refractivity contribution is 9.09. The van der Waals surface area contributed by atoms with Crippen LogP contribution in [0.25, 0.3) is 28.3 Å². The molecule has 1 aliphatic carbocycles. The minimum atomic E-state index is -0.922. The van der Waals surface area contributed by atoms with E-state index in [2.05, 4.69) is 34.1 Å². The van der Waals surface area contributed by atoms with E-state index in [4.69, 9.17) is 20.7 Å². The van der Waals surface area contributed by atoms with Gasteiger partial charge in [0.1, 0.15) is 5.54 Å². The highest BCUT2D eigenvalue weighted by Gasteiger charge is 2.38. The van der Waals surface area contributed by atoms with Crippen molar-refractivity contribution in [1.29, 1.82) is 0 Å². The lowest BCUT2D eigenvalue weighted by molar-refractivity contribution is 0.542. The average Bonchev–Trinajstić information content (AvgIpc) is 2.87. The summed E-state index contributed by atoms with van der Waals surface area (Å²) < 4.78 is 0. The van der Waals surface area contributed by atoms with Gasteiger partial charge in [0.2, 0.25) is 0 Å². The maximum absolute atomic E-state index is 6.93. The van der Waals surface area contributed by atoms with Gasteiger partial charge in [-0.15, -0.1) is 0 Å². The van der Waals surface area contributed by atoms with Crippen molar-refractivity contribution in [2.24, 2.45) is 5.73 Å². The molecule has 0 saturated heterocycles. The highest BCUT2D eigenvalue weighted by atomic mass is 79.9. The summed E-state index contributed by atoms with van der Waals surface area (Å²) in [6.45, 7) is 0. The fourth-order valence-corrected chi connectivity index (χ4v) is 4.34. The molecule has 0 amide bonds. The first-order chi connectivity index (χ1) is 15.6. The monoisotopic (exact) mass is 480 g/mol. The van der Waals surface area contributed by atoms with Gasteiger partial charge in [0.05, 0.1) is 4.83 Å². The molecule has 0 saturated carbocycles. The lowest BCUT2D eigenvalue weighted by Crippen LogP contribution is -2.45. The zero-order valence-electron chi connectivity index (χ0n) is 17.3. The number of halogens is 1. The van der Waals surface area contributed by atoms with Crippen LogP contribution in [-0.2, 0) is 5.54 Å². The third kappa shape index (κ3) is 3.93. The first-order valence-corrected chi connectivity index (χ1v) is 11.3.